The van der Waals surface area contributed by atoms with Gasteiger partial charge in [-0.2, -0.15) is 0 Å². The Bertz CT molecular complexity index is 1120. The summed E-state index contributed by atoms with van der Waals surface area (Å²) in [4.78, 5) is 28.0. The third-order valence-electron chi connectivity index (χ3n) is 5.23. The minimum atomic E-state index is -3.86. The van der Waals surface area contributed by atoms with Crippen LogP contribution in [0.25, 0.3) is 0 Å². The lowest BCUT2D eigenvalue weighted by atomic mass is 10.1. The fourth-order valence-corrected chi connectivity index (χ4v) is 4.92. The maximum atomic E-state index is 13.6. The lowest BCUT2D eigenvalue weighted by Crippen LogP contribution is -2.53. The first kappa shape index (κ1) is 28.0. The molecule has 0 saturated carbocycles. The molecule has 0 bridgehead atoms. The van der Waals surface area contributed by atoms with E-state index in [4.69, 9.17) is 23.2 Å². The van der Waals surface area contributed by atoms with Crippen LogP contribution in [0.1, 0.15) is 38.3 Å². The lowest BCUT2D eigenvalue weighted by molar-refractivity contribution is -0.140. The molecule has 0 aliphatic carbocycles. The van der Waals surface area contributed by atoms with E-state index in [-0.39, 0.29) is 34.2 Å². The van der Waals surface area contributed by atoms with Gasteiger partial charge in [0.2, 0.25) is 21.8 Å². The molecule has 2 aromatic rings. The summed E-state index contributed by atoms with van der Waals surface area (Å²) in [7, 11) is -3.86. The zero-order valence-corrected chi connectivity index (χ0v) is 22.3. The number of aryl methyl sites for hydroxylation is 1. The smallest absolute Gasteiger partial charge is 0.244 e. The Morgan fingerprint density at radius 3 is 2.15 bits per heavy atom. The number of amides is 2. The zero-order chi connectivity index (χ0) is 25.6. The molecule has 2 rings (SSSR count). The van der Waals surface area contributed by atoms with Crippen molar-refractivity contribution >= 4 is 50.7 Å². The Labute approximate surface area is 212 Å². The lowest BCUT2D eigenvalue weighted by Gasteiger charge is -2.33. The fourth-order valence-electron chi connectivity index (χ4n) is 3.57. The maximum Gasteiger partial charge on any atom is 0.244 e. The number of nitrogens with zero attached hydrogens (tertiary/aromatic N) is 2. The second kappa shape index (κ2) is 11.9. The maximum absolute atomic E-state index is 13.6. The number of anilines is 1. The molecule has 186 valence electrons. The van der Waals surface area contributed by atoms with E-state index in [0.29, 0.717) is 6.42 Å². The standard InChI is InChI=1S/C24H31Cl2N3O4S/c1-6-22(24(31)27-16(2)3)28(14-18-10-8-7-9-17(18)4)23(30)15-29(34(5,32)33)21-12-19(25)11-20(26)13-21/h7-13,16,22H,6,14-15H2,1-5H3,(H,27,31)/t22-/m0/s1. The number of nitrogens with one attached hydrogen (secondary N) is 1. The van der Waals surface area contributed by atoms with E-state index in [1.54, 1.807) is 0 Å². The molecule has 7 nitrogen and oxygen atoms in total. The predicted molar refractivity (Wildman–Crippen MR) is 138 cm³/mol. The summed E-state index contributed by atoms with van der Waals surface area (Å²) in [6.45, 7) is 7.06. The molecule has 0 aromatic heterocycles. The molecule has 0 spiro atoms. The van der Waals surface area contributed by atoms with Gasteiger partial charge in [-0.1, -0.05) is 54.4 Å². The van der Waals surface area contributed by atoms with Crippen molar-refractivity contribution in [1.29, 1.82) is 0 Å². The summed E-state index contributed by atoms with van der Waals surface area (Å²) in [5, 5.41) is 3.34. The molecular formula is C24H31Cl2N3O4S. The van der Waals surface area contributed by atoms with E-state index in [0.717, 1.165) is 21.7 Å². The number of carbonyl (C=O) groups is 2. The van der Waals surface area contributed by atoms with Gasteiger partial charge < -0.3 is 10.2 Å². The molecular weight excluding hydrogens is 497 g/mol. The summed E-state index contributed by atoms with van der Waals surface area (Å²) in [6, 6.07) is 11.0. The van der Waals surface area contributed by atoms with Crippen molar-refractivity contribution in [2.45, 2.75) is 52.7 Å². The van der Waals surface area contributed by atoms with E-state index in [9.17, 15) is 18.0 Å². The van der Waals surface area contributed by atoms with Crippen molar-refractivity contribution in [3.8, 4) is 0 Å². The van der Waals surface area contributed by atoms with Gasteiger partial charge >= 0.3 is 0 Å². The third-order valence-corrected chi connectivity index (χ3v) is 6.81. The van der Waals surface area contributed by atoms with Gasteiger partial charge in [-0.25, -0.2) is 8.42 Å². The van der Waals surface area contributed by atoms with Gasteiger partial charge in [-0.05, 0) is 56.5 Å². The molecule has 1 N–H and O–H groups in total. The topological polar surface area (TPSA) is 86.8 Å². The van der Waals surface area contributed by atoms with Crippen LogP contribution in [0.4, 0.5) is 5.69 Å². The van der Waals surface area contributed by atoms with Gasteiger partial charge in [0.25, 0.3) is 0 Å². The van der Waals surface area contributed by atoms with Crippen LogP contribution in [-0.4, -0.2) is 50.0 Å². The van der Waals surface area contributed by atoms with Crippen molar-refractivity contribution < 1.29 is 18.0 Å². The van der Waals surface area contributed by atoms with Crippen LogP contribution in [-0.2, 0) is 26.2 Å². The highest BCUT2D eigenvalue weighted by molar-refractivity contribution is 7.92. The minimum absolute atomic E-state index is 0.113. The predicted octanol–water partition coefficient (Wildman–Crippen LogP) is 4.40. The zero-order valence-electron chi connectivity index (χ0n) is 20.0. The highest BCUT2D eigenvalue weighted by atomic mass is 35.5. The van der Waals surface area contributed by atoms with E-state index in [1.165, 1.54) is 23.1 Å². The van der Waals surface area contributed by atoms with Gasteiger partial charge in [0, 0.05) is 22.6 Å². The van der Waals surface area contributed by atoms with Gasteiger partial charge in [-0.15, -0.1) is 0 Å². The van der Waals surface area contributed by atoms with E-state index < -0.39 is 28.5 Å². The largest absolute Gasteiger partial charge is 0.352 e. The van der Waals surface area contributed by atoms with Crippen molar-refractivity contribution in [3.05, 3.63) is 63.6 Å². The summed E-state index contributed by atoms with van der Waals surface area (Å²) in [6.07, 6.45) is 1.36. The SMILES string of the molecule is CC[C@@H](C(=O)NC(C)C)N(Cc1ccccc1C)C(=O)CN(c1cc(Cl)cc(Cl)c1)S(C)(=O)=O. The normalized spacial score (nSPS) is 12.4. The fraction of sp³-hybridized carbons (Fsp3) is 0.417. The average molecular weight is 529 g/mol. The molecule has 0 radical (unpaired) electrons. The Kier molecular flexibility index (Phi) is 9.79. The van der Waals surface area contributed by atoms with Gasteiger partial charge in [-0.3, -0.25) is 13.9 Å². The van der Waals surface area contributed by atoms with E-state index >= 15 is 0 Å². The van der Waals surface area contributed by atoms with Crippen molar-refractivity contribution in [2.75, 3.05) is 17.1 Å². The summed E-state index contributed by atoms with van der Waals surface area (Å²) >= 11 is 12.2. The highest BCUT2D eigenvalue weighted by Gasteiger charge is 2.32. The van der Waals surface area contributed by atoms with Crippen LogP contribution in [0.3, 0.4) is 0 Å². The molecule has 0 aliphatic rings. The molecule has 34 heavy (non-hydrogen) atoms. The first-order valence-electron chi connectivity index (χ1n) is 10.9. The van der Waals surface area contributed by atoms with Crippen LogP contribution in [0.2, 0.25) is 10.0 Å². The Morgan fingerprint density at radius 2 is 1.65 bits per heavy atom. The van der Waals surface area contributed by atoms with E-state index in [1.807, 2.05) is 52.0 Å². The summed E-state index contributed by atoms with van der Waals surface area (Å²) in [5.41, 5.74) is 1.99. The molecule has 0 fully saturated rings. The third kappa shape index (κ3) is 7.61. The van der Waals surface area contributed by atoms with Crippen LogP contribution < -0.4 is 9.62 Å². The number of benzene rings is 2. The number of sulfonamides is 1. The Hall–Kier alpha value is -2.29. The van der Waals surface area contributed by atoms with Crippen LogP contribution in [0.5, 0.6) is 0 Å². The number of hydrogen-bond acceptors (Lipinski definition) is 4. The van der Waals surface area contributed by atoms with Gasteiger partial charge in [0.15, 0.2) is 0 Å². The molecule has 0 saturated heterocycles. The number of rotatable bonds is 10. The highest BCUT2D eigenvalue weighted by Crippen LogP contribution is 2.27. The first-order chi connectivity index (χ1) is 15.8. The summed E-state index contributed by atoms with van der Waals surface area (Å²) in [5.74, 6) is -0.813. The Balaban J connectivity index is 2.49. The number of hydrogen-bond donors (Lipinski definition) is 1. The molecule has 10 heteroatoms. The number of halogens is 2. The van der Waals surface area contributed by atoms with E-state index in [2.05, 4.69) is 5.32 Å². The summed E-state index contributed by atoms with van der Waals surface area (Å²) < 4.78 is 26.2. The monoisotopic (exact) mass is 527 g/mol. The first-order valence-corrected chi connectivity index (χ1v) is 13.5. The van der Waals surface area contributed by atoms with Crippen LogP contribution in [0.15, 0.2) is 42.5 Å². The van der Waals surface area contributed by atoms with Crippen molar-refractivity contribution in [2.24, 2.45) is 0 Å². The molecule has 0 aliphatic heterocycles. The number of carbonyl (C=O) groups excluding carboxylic acids is 2. The van der Waals surface area contributed by atoms with Crippen molar-refractivity contribution in [3.63, 3.8) is 0 Å². The molecule has 1 atom stereocenters. The quantitative estimate of drug-likeness (QED) is 0.495. The Morgan fingerprint density at radius 1 is 1.06 bits per heavy atom. The average Bonchev–Trinajstić information content (AvgIpc) is 2.70. The van der Waals surface area contributed by atoms with Gasteiger partial charge in [0.1, 0.15) is 12.6 Å². The molecule has 0 unspecified atom stereocenters. The molecule has 2 amide bonds. The second-order valence-corrected chi connectivity index (χ2v) is 11.2. The minimum Gasteiger partial charge on any atom is -0.352 e. The van der Waals surface area contributed by atoms with Gasteiger partial charge in [0.05, 0.1) is 11.9 Å². The molecule has 0 heterocycles. The second-order valence-electron chi connectivity index (χ2n) is 8.43. The van der Waals surface area contributed by atoms with Crippen molar-refractivity contribution in [1.82, 2.24) is 10.2 Å². The molecule has 2 aromatic carbocycles. The van der Waals surface area contributed by atoms with Crippen LogP contribution in [0, 0.1) is 6.92 Å². The van der Waals surface area contributed by atoms with Crippen LogP contribution >= 0.6 is 23.2 Å².